The van der Waals surface area contributed by atoms with Crippen LogP contribution in [0.1, 0.15) is 17.0 Å². The van der Waals surface area contributed by atoms with Gasteiger partial charge in [0, 0.05) is 30.6 Å². The van der Waals surface area contributed by atoms with Gasteiger partial charge >= 0.3 is 0 Å². The van der Waals surface area contributed by atoms with Crippen molar-refractivity contribution in [3.63, 3.8) is 0 Å². The minimum absolute atomic E-state index is 0.0295. The van der Waals surface area contributed by atoms with Crippen molar-refractivity contribution in [2.45, 2.75) is 12.5 Å². The lowest BCUT2D eigenvalue weighted by atomic mass is 9.90. The Balaban J connectivity index is 1.79. The molecule has 22 heavy (non-hydrogen) atoms. The van der Waals surface area contributed by atoms with Crippen molar-refractivity contribution >= 4 is 11.6 Å². The molecule has 3 rings (SSSR count). The van der Waals surface area contributed by atoms with E-state index < -0.39 is 0 Å². The Morgan fingerprint density at radius 1 is 1.18 bits per heavy atom. The van der Waals surface area contributed by atoms with Gasteiger partial charge in [-0.3, -0.25) is 4.90 Å². The molecule has 1 aliphatic rings. The Morgan fingerprint density at radius 3 is 2.64 bits per heavy atom. The fraction of sp³-hybridized carbons (Fsp3) is 0.278. The van der Waals surface area contributed by atoms with Gasteiger partial charge in [-0.1, -0.05) is 48.0 Å². The van der Waals surface area contributed by atoms with Gasteiger partial charge in [0.05, 0.1) is 12.0 Å². The zero-order valence-corrected chi connectivity index (χ0v) is 12.8. The number of rotatable bonds is 3. The third kappa shape index (κ3) is 3.14. The van der Waals surface area contributed by atoms with Crippen LogP contribution in [0.3, 0.4) is 0 Å². The van der Waals surface area contributed by atoms with Crippen molar-refractivity contribution < 1.29 is 4.39 Å². The quantitative estimate of drug-likeness (QED) is 0.848. The third-order valence-corrected chi connectivity index (χ3v) is 4.50. The summed E-state index contributed by atoms with van der Waals surface area (Å²) in [7, 11) is 0. The molecule has 2 unspecified atom stereocenters. The van der Waals surface area contributed by atoms with Crippen LogP contribution in [0.2, 0.25) is 5.02 Å². The van der Waals surface area contributed by atoms with Gasteiger partial charge in [-0.25, -0.2) is 4.39 Å². The van der Waals surface area contributed by atoms with Gasteiger partial charge < -0.3 is 0 Å². The fourth-order valence-electron chi connectivity index (χ4n) is 3.10. The van der Waals surface area contributed by atoms with Crippen molar-refractivity contribution in [3.05, 3.63) is 70.5 Å². The molecular weight excluding hydrogens is 299 g/mol. The number of benzene rings is 2. The second-order valence-electron chi connectivity index (χ2n) is 5.69. The van der Waals surface area contributed by atoms with Gasteiger partial charge in [-0.05, 0) is 23.3 Å². The summed E-state index contributed by atoms with van der Waals surface area (Å²) in [5.74, 6) is -0.435. The molecule has 112 valence electrons. The highest BCUT2D eigenvalue weighted by molar-refractivity contribution is 6.31. The van der Waals surface area contributed by atoms with Crippen LogP contribution < -0.4 is 0 Å². The molecule has 0 aromatic heterocycles. The highest BCUT2D eigenvalue weighted by atomic mass is 35.5. The van der Waals surface area contributed by atoms with Crippen LogP contribution >= 0.6 is 11.6 Å². The molecule has 2 aromatic carbocycles. The van der Waals surface area contributed by atoms with E-state index in [2.05, 4.69) is 23.1 Å². The van der Waals surface area contributed by atoms with Crippen LogP contribution in [0.15, 0.2) is 48.5 Å². The largest absolute Gasteiger partial charge is 0.297 e. The molecule has 0 bridgehead atoms. The van der Waals surface area contributed by atoms with E-state index in [4.69, 9.17) is 11.6 Å². The molecule has 0 N–H and O–H groups in total. The average Bonchev–Trinajstić information content (AvgIpc) is 2.91. The lowest BCUT2D eigenvalue weighted by Gasteiger charge is -2.17. The summed E-state index contributed by atoms with van der Waals surface area (Å²) in [5, 5.41) is 9.84. The first-order chi connectivity index (χ1) is 10.7. The van der Waals surface area contributed by atoms with Crippen molar-refractivity contribution in [3.8, 4) is 6.07 Å². The van der Waals surface area contributed by atoms with Gasteiger partial charge in [0.1, 0.15) is 5.82 Å². The summed E-state index contributed by atoms with van der Waals surface area (Å²) in [6.45, 7) is 2.29. The van der Waals surface area contributed by atoms with Crippen molar-refractivity contribution in [1.29, 1.82) is 5.26 Å². The van der Waals surface area contributed by atoms with Gasteiger partial charge in [-0.15, -0.1) is 0 Å². The highest BCUT2D eigenvalue weighted by Crippen LogP contribution is 2.36. The first-order valence-electron chi connectivity index (χ1n) is 7.28. The predicted octanol–water partition coefficient (Wildman–Crippen LogP) is 4.22. The number of hydrogen-bond donors (Lipinski definition) is 0. The van der Waals surface area contributed by atoms with Gasteiger partial charge in [0.2, 0.25) is 0 Å². The van der Waals surface area contributed by atoms with E-state index in [-0.39, 0.29) is 17.7 Å². The molecule has 2 aromatic rings. The number of halogens is 2. The Kier molecular flexibility index (Phi) is 4.42. The summed E-state index contributed by atoms with van der Waals surface area (Å²) in [6, 6.07) is 17.0. The van der Waals surface area contributed by atoms with Gasteiger partial charge in [0.15, 0.2) is 0 Å². The SMILES string of the molecule is N#CC1CN(Cc2ccccc2)CC1c1ccc(F)cc1Cl. The molecule has 1 heterocycles. The number of nitriles is 1. The fourth-order valence-corrected chi connectivity index (χ4v) is 3.41. The third-order valence-electron chi connectivity index (χ3n) is 4.17. The molecule has 2 atom stereocenters. The Labute approximate surface area is 134 Å². The van der Waals surface area contributed by atoms with E-state index in [0.29, 0.717) is 11.6 Å². The summed E-state index contributed by atoms with van der Waals surface area (Å²) in [6.07, 6.45) is 0. The molecule has 0 radical (unpaired) electrons. The molecular formula is C18H16ClFN2. The number of hydrogen-bond acceptors (Lipinski definition) is 2. The van der Waals surface area contributed by atoms with Crippen LogP contribution in [0.25, 0.3) is 0 Å². The van der Waals surface area contributed by atoms with Crippen LogP contribution in [0.4, 0.5) is 4.39 Å². The molecule has 0 amide bonds. The zero-order chi connectivity index (χ0) is 15.5. The van der Waals surface area contributed by atoms with Gasteiger partial charge in [-0.2, -0.15) is 5.26 Å². The van der Waals surface area contributed by atoms with E-state index in [9.17, 15) is 9.65 Å². The van der Waals surface area contributed by atoms with E-state index in [1.165, 1.54) is 17.7 Å². The smallest absolute Gasteiger partial charge is 0.124 e. The summed E-state index contributed by atoms with van der Waals surface area (Å²) in [5.41, 5.74) is 2.09. The molecule has 4 heteroatoms. The molecule has 1 aliphatic heterocycles. The van der Waals surface area contributed by atoms with Crippen LogP contribution in [0, 0.1) is 23.1 Å². The first-order valence-corrected chi connectivity index (χ1v) is 7.66. The van der Waals surface area contributed by atoms with Crippen LogP contribution in [-0.4, -0.2) is 18.0 Å². The molecule has 0 saturated carbocycles. The minimum Gasteiger partial charge on any atom is -0.297 e. The first kappa shape index (κ1) is 15.0. The second kappa shape index (κ2) is 6.48. The molecule has 1 fully saturated rings. The monoisotopic (exact) mass is 314 g/mol. The van der Waals surface area contributed by atoms with Gasteiger partial charge in [0.25, 0.3) is 0 Å². The maximum absolute atomic E-state index is 13.2. The van der Waals surface area contributed by atoms with Crippen molar-refractivity contribution in [2.24, 2.45) is 5.92 Å². The molecule has 0 spiro atoms. The number of likely N-dealkylation sites (tertiary alicyclic amines) is 1. The van der Waals surface area contributed by atoms with Crippen molar-refractivity contribution in [1.82, 2.24) is 4.90 Å². The Morgan fingerprint density at radius 2 is 1.95 bits per heavy atom. The van der Waals surface area contributed by atoms with Crippen LogP contribution in [0.5, 0.6) is 0 Å². The second-order valence-corrected chi connectivity index (χ2v) is 6.09. The molecule has 1 saturated heterocycles. The molecule has 0 aliphatic carbocycles. The molecule has 2 nitrogen and oxygen atoms in total. The zero-order valence-electron chi connectivity index (χ0n) is 12.0. The number of nitrogens with zero attached hydrogens (tertiary/aromatic N) is 2. The Bertz CT molecular complexity index is 696. The standard InChI is InChI=1S/C18H16ClFN2/c19-18-8-15(20)6-7-16(18)17-12-22(11-14(17)9-21)10-13-4-2-1-3-5-13/h1-8,14,17H,10-12H2. The van der Waals surface area contributed by atoms with E-state index in [1.54, 1.807) is 6.07 Å². The van der Waals surface area contributed by atoms with E-state index >= 15 is 0 Å². The maximum atomic E-state index is 13.2. The minimum atomic E-state index is -0.346. The van der Waals surface area contributed by atoms with E-state index in [0.717, 1.165) is 18.7 Å². The average molecular weight is 315 g/mol. The topological polar surface area (TPSA) is 27.0 Å². The lowest BCUT2D eigenvalue weighted by molar-refractivity contribution is 0.322. The van der Waals surface area contributed by atoms with E-state index in [1.807, 2.05) is 18.2 Å². The summed E-state index contributed by atoms with van der Waals surface area (Å²) < 4.78 is 13.2. The van der Waals surface area contributed by atoms with Crippen molar-refractivity contribution in [2.75, 3.05) is 13.1 Å². The maximum Gasteiger partial charge on any atom is 0.124 e. The summed E-state index contributed by atoms with van der Waals surface area (Å²) in [4.78, 5) is 2.26. The Hall–Kier alpha value is -1.89. The predicted molar refractivity (Wildman–Crippen MR) is 85.0 cm³/mol. The lowest BCUT2D eigenvalue weighted by Crippen LogP contribution is -2.20. The summed E-state index contributed by atoms with van der Waals surface area (Å²) >= 11 is 6.17. The normalized spacial score (nSPS) is 21.7. The highest BCUT2D eigenvalue weighted by Gasteiger charge is 2.34. The van der Waals surface area contributed by atoms with Crippen LogP contribution in [-0.2, 0) is 6.54 Å².